The number of methoxy groups -OCH3 is 1. The van der Waals surface area contributed by atoms with Gasteiger partial charge in [0, 0.05) is 13.0 Å². The van der Waals surface area contributed by atoms with Crippen LogP contribution in [0.25, 0.3) is 0 Å². The Kier molecular flexibility index (Phi) is 7.18. The standard InChI is InChI=1S/C14H21NO5S/c1-20-12-8-5-6-9-13(12)21(18,19)15-11-7-3-2-4-10-14(16)17/h5-6,8-9,15H,2-4,7,10-11H2,1H3,(H,16,17). The molecule has 0 aromatic heterocycles. The summed E-state index contributed by atoms with van der Waals surface area (Å²) in [7, 11) is -2.15. The number of unbranched alkanes of at least 4 members (excludes halogenated alkanes) is 3. The lowest BCUT2D eigenvalue weighted by molar-refractivity contribution is -0.137. The molecule has 6 nitrogen and oxygen atoms in total. The minimum absolute atomic E-state index is 0.123. The molecule has 0 aliphatic heterocycles. The van der Waals surface area contributed by atoms with Gasteiger partial charge in [-0.25, -0.2) is 13.1 Å². The van der Waals surface area contributed by atoms with Crippen LogP contribution in [0.2, 0.25) is 0 Å². The first-order valence-electron chi connectivity index (χ1n) is 6.82. The molecule has 0 saturated heterocycles. The monoisotopic (exact) mass is 315 g/mol. The molecule has 1 aromatic carbocycles. The van der Waals surface area contributed by atoms with Gasteiger partial charge >= 0.3 is 5.97 Å². The highest BCUT2D eigenvalue weighted by Gasteiger charge is 2.17. The van der Waals surface area contributed by atoms with E-state index in [0.717, 1.165) is 12.8 Å². The number of carboxylic acids is 1. The van der Waals surface area contributed by atoms with Gasteiger partial charge in [0.05, 0.1) is 7.11 Å². The van der Waals surface area contributed by atoms with E-state index >= 15 is 0 Å². The SMILES string of the molecule is COc1ccccc1S(=O)(=O)NCCCCCCC(=O)O. The number of carbonyl (C=O) groups is 1. The molecule has 118 valence electrons. The summed E-state index contributed by atoms with van der Waals surface area (Å²) in [4.78, 5) is 10.5. The summed E-state index contributed by atoms with van der Waals surface area (Å²) in [6, 6.07) is 6.44. The number of carboxylic acid groups (broad SMARTS) is 1. The van der Waals surface area contributed by atoms with Gasteiger partial charge in [-0.15, -0.1) is 0 Å². The van der Waals surface area contributed by atoms with Crippen LogP contribution in [0.3, 0.4) is 0 Å². The molecule has 0 spiro atoms. The highest BCUT2D eigenvalue weighted by Crippen LogP contribution is 2.22. The van der Waals surface area contributed by atoms with Crippen molar-refractivity contribution in [2.45, 2.75) is 37.0 Å². The Labute approximate surface area is 125 Å². The number of aliphatic carboxylic acids is 1. The van der Waals surface area contributed by atoms with Crippen molar-refractivity contribution in [1.29, 1.82) is 0 Å². The van der Waals surface area contributed by atoms with Crippen molar-refractivity contribution in [2.75, 3.05) is 13.7 Å². The molecule has 0 bridgehead atoms. The number of hydrogen-bond acceptors (Lipinski definition) is 4. The number of benzene rings is 1. The molecule has 0 amide bonds. The van der Waals surface area contributed by atoms with Crippen molar-refractivity contribution in [3.8, 4) is 5.75 Å². The normalized spacial score (nSPS) is 11.3. The van der Waals surface area contributed by atoms with E-state index in [-0.39, 0.29) is 11.3 Å². The van der Waals surface area contributed by atoms with Crippen molar-refractivity contribution in [3.63, 3.8) is 0 Å². The second kappa shape index (κ2) is 8.63. The molecule has 1 aromatic rings. The van der Waals surface area contributed by atoms with Gasteiger partial charge in [-0.3, -0.25) is 4.79 Å². The highest BCUT2D eigenvalue weighted by atomic mass is 32.2. The van der Waals surface area contributed by atoms with Crippen molar-refractivity contribution in [3.05, 3.63) is 24.3 Å². The Morgan fingerprint density at radius 3 is 2.52 bits per heavy atom. The first-order valence-corrected chi connectivity index (χ1v) is 8.30. The third-order valence-corrected chi connectivity index (χ3v) is 4.47. The zero-order chi connectivity index (χ0) is 15.7. The average Bonchev–Trinajstić information content (AvgIpc) is 2.45. The van der Waals surface area contributed by atoms with E-state index in [2.05, 4.69) is 4.72 Å². The Morgan fingerprint density at radius 1 is 1.19 bits per heavy atom. The molecular weight excluding hydrogens is 294 g/mol. The Balaban J connectivity index is 2.38. The summed E-state index contributed by atoms with van der Waals surface area (Å²) < 4.78 is 31.8. The van der Waals surface area contributed by atoms with E-state index in [1.807, 2.05) is 0 Å². The maximum atomic E-state index is 12.1. The maximum absolute atomic E-state index is 12.1. The van der Waals surface area contributed by atoms with Gasteiger partial charge in [-0.2, -0.15) is 0 Å². The summed E-state index contributed by atoms with van der Waals surface area (Å²) in [6.07, 6.45) is 3.03. The number of nitrogens with one attached hydrogen (secondary N) is 1. The van der Waals surface area contributed by atoms with E-state index in [1.54, 1.807) is 18.2 Å². The number of para-hydroxylation sites is 1. The number of sulfonamides is 1. The Hall–Kier alpha value is -1.60. The first kappa shape index (κ1) is 17.5. The fourth-order valence-corrected chi connectivity index (χ4v) is 3.12. The van der Waals surface area contributed by atoms with Crippen molar-refractivity contribution >= 4 is 16.0 Å². The maximum Gasteiger partial charge on any atom is 0.303 e. The highest BCUT2D eigenvalue weighted by molar-refractivity contribution is 7.89. The van der Waals surface area contributed by atoms with E-state index in [1.165, 1.54) is 13.2 Å². The van der Waals surface area contributed by atoms with E-state index in [0.29, 0.717) is 25.1 Å². The summed E-state index contributed by atoms with van der Waals surface area (Å²) in [5, 5.41) is 8.49. The van der Waals surface area contributed by atoms with Gasteiger partial charge < -0.3 is 9.84 Å². The van der Waals surface area contributed by atoms with Gasteiger partial charge in [-0.05, 0) is 25.0 Å². The van der Waals surface area contributed by atoms with Crippen LogP contribution in [0.1, 0.15) is 32.1 Å². The molecule has 7 heteroatoms. The van der Waals surface area contributed by atoms with Crippen LogP contribution < -0.4 is 9.46 Å². The summed E-state index contributed by atoms with van der Waals surface area (Å²) >= 11 is 0. The zero-order valence-electron chi connectivity index (χ0n) is 12.0. The largest absolute Gasteiger partial charge is 0.495 e. The van der Waals surface area contributed by atoms with E-state index in [9.17, 15) is 13.2 Å². The fourth-order valence-electron chi connectivity index (χ4n) is 1.88. The smallest absolute Gasteiger partial charge is 0.303 e. The molecule has 21 heavy (non-hydrogen) atoms. The van der Waals surface area contributed by atoms with Crippen LogP contribution in [0, 0.1) is 0 Å². The van der Waals surface area contributed by atoms with Crippen molar-refractivity contribution in [2.24, 2.45) is 0 Å². The van der Waals surface area contributed by atoms with Gasteiger partial charge in [0.15, 0.2) is 0 Å². The average molecular weight is 315 g/mol. The predicted molar refractivity (Wildman–Crippen MR) is 78.9 cm³/mol. The van der Waals surface area contributed by atoms with Gasteiger partial charge in [0.25, 0.3) is 0 Å². The lowest BCUT2D eigenvalue weighted by atomic mass is 10.1. The van der Waals surface area contributed by atoms with Crippen LogP contribution in [-0.4, -0.2) is 33.1 Å². The second-order valence-corrected chi connectivity index (χ2v) is 6.34. The molecule has 2 N–H and O–H groups in total. The molecule has 0 heterocycles. The Morgan fingerprint density at radius 2 is 1.86 bits per heavy atom. The number of ether oxygens (including phenoxy) is 1. The van der Waals surface area contributed by atoms with Crippen molar-refractivity contribution < 1.29 is 23.1 Å². The second-order valence-electron chi connectivity index (χ2n) is 4.61. The molecule has 1 rings (SSSR count). The van der Waals surface area contributed by atoms with Gasteiger partial charge in [0.2, 0.25) is 10.0 Å². The lowest BCUT2D eigenvalue weighted by Gasteiger charge is -2.10. The molecule has 0 atom stereocenters. The minimum atomic E-state index is -3.58. The molecule has 0 unspecified atom stereocenters. The lowest BCUT2D eigenvalue weighted by Crippen LogP contribution is -2.25. The van der Waals surface area contributed by atoms with E-state index in [4.69, 9.17) is 9.84 Å². The molecule has 0 radical (unpaired) electrons. The molecular formula is C14H21NO5S. The van der Waals surface area contributed by atoms with Crippen LogP contribution in [0.15, 0.2) is 29.2 Å². The van der Waals surface area contributed by atoms with Crippen LogP contribution in [0.4, 0.5) is 0 Å². The summed E-state index contributed by atoms with van der Waals surface area (Å²) in [5.74, 6) is -0.488. The Bertz CT molecular complexity index is 556. The van der Waals surface area contributed by atoms with Crippen molar-refractivity contribution in [1.82, 2.24) is 4.72 Å². The fraction of sp³-hybridized carbons (Fsp3) is 0.500. The molecule has 0 aliphatic carbocycles. The van der Waals surface area contributed by atoms with Crippen LogP contribution in [-0.2, 0) is 14.8 Å². The quantitative estimate of drug-likeness (QED) is 0.644. The van der Waals surface area contributed by atoms with Gasteiger partial charge in [-0.1, -0.05) is 25.0 Å². The topological polar surface area (TPSA) is 92.7 Å². The minimum Gasteiger partial charge on any atom is -0.495 e. The van der Waals surface area contributed by atoms with Crippen LogP contribution >= 0.6 is 0 Å². The molecule has 0 saturated carbocycles. The third kappa shape index (κ3) is 6.14. The van der Waals surface area contributed by atoms with E-state index < -0.39 is 16.0 Å². The van der Waals surface area contributed by atoms with Crippen LogP contribution in [0.5, 0.6) is 5.75 Å². The summed E-state index contributed by atoms with van der Waals surface area (Å²) in [6.45, 7) is 0.327. The zero-order valence-corrected chi connectivity index (χ0v) is 12.9. The molecule has 0 aliphatic rings. The number of rotatable bonds is 10. The van der Waals surface area contributed by atoms with Gasteiger partial charge in [0.1, 0.15) is 10.6 Å². The summed E-state index contributed by atoms with van der Waals surface area (Å²) in [5.41, 5.74) is 0. The first-order chi connectivity index (χ1) is 9.97. The predicted octanol–water partition coefficient (Wildman–Crippen LogP) is 2.01. The number of hydrogen-bond donors (Lipinski definition) is 2. The molecule has 0 fully saturated rings. The third-order valence-electron chi connectivity index (χ3n) is 2.97.